The molecule has 2 N–H and O–H groups in total. The van der Waals surface area contributed by atoms with Gasteiger partial charge in [-0.25, -0.2) is 0 Å². The van der Waals surface area contributed by atoms with Gasteiger partial charge in [-0.2, -0.15) is 0 Å². The van der Waals surface area contributed by atoms with E-state index in [2.05, 4.69) is 19.2 Å². The van der Waals surface area contributed by atoms with E-state index in [4.69, 9.17) is 4.74 Å². The van der Waals surface area contributed by atoms with Crippen molar-refractivity contribution in [1.82, 2.24) is 5.32 Å². The van der Waals surface area contributed by atoms with Crippen LogP contribution in [0.2, 0.25) is 0 Å². The maximum atomic E-state index is 12.3. The molecule has 0 aliphatic heterocycles. The predicted octanol–water partition coefficient (Wildman–Crippen LogP) is 2.51. The summed E-state index contributed by atoms with van der Waals surface area (Å²) in [7, 11) is 0. The first-order valence-corrected chi connectivity index (χ1v) is 8.64. The largest absolute Gasteiger partial charge is 0.460 e. The third-order valence-corrected chi connectivity index (χ3v) is 4.35. The van der Waals surface area contributed by atoms with Crippen LogP contribution in [0.5, 0.6) is 0 Å². The highest BCUT2D eigenvalue weighted by molar-refractivity contribution is 5.74. The summed E-state index contributed by atoms with van der Waals surface area (Å²) in [5.41, 5.74) is -0.501. The van der Waals surface area contributed by atoms with Crippen molar-refractivity contribution in [1.29, 1.82) is 0 Å². The van der Waals surface area contributed by atoms with E-state index in [0.717, 1.165) is 6.42 Å². The van der Waals surface area contributed by atoms with E-state index in [1.165, 1.54) is 6.92 Å². The van der Waals surface area contributed by atoms with Crippen LogP contribution < -0.4 is 5.32 Å². The molecule has 5 heteroatoms. The summed E-state index contributed by atoms with van der Waals surface area (Å²) in [5, 5.41) is 12.7. The summed E-state index contributed by atoms with van der Waals surface area (Å²) >= 11 is 0. The van der Waals surface area contributed by atoms with Crippen molar-refractivity contribution in [2.75, 3.05) is 6.61 Å². The quantitative estimate of drug-likeness (QED) is 0.735. The zero-order chi connectivity index (χ0) is 17.8. The molecule has 4 atom stereocenters. The number of rotatable bonds is 6. The summed E-state index contributed by atoms with van der Waals surface area (Å²) in [6.45, 7) is 11.4. The van der Waals surface area contributed by atoms with Crippen molar-refractivity contribution in [2.45, 2.75) is 72.4 Å². The topological polar surface area (TPSA) is 75.6 Å². The van der Waals surface area contributed by atoms with Gasteiger partial charge < -0.3 is 15.2 Å². The van der Waals surface area contributed by atoms with Gasteiger partial charge in [0.25, 0.3) is 0 Å². The van der Waals surface area contributed by atoms with Crippen LogP contribution in [0.4, 0.5) is 0 Å². The van der Waals surface area contributed by atoms with Crippen molar-refractivity contribution in [3.05, 3.63) is 0 Å². The number of carbonyl (C=O) groups excluding carboxylic acids is 2. The first-order valence-electron chi connectivity index (χ1n) is 8.64. The maximum Gasteiger partial charge on any atom is 0.309 e. The van der Waals surface area contributed by atoms with E-state index in [9.17, 15) is 14.7 Å². The number of ether oxygens (including phenoxy) is 1. The number of hydrogen-bond donors (Lipinski definition) is 2. The molecule has 0 aromatic heterocycles. The number of aliphatic hydroxyl groups excluding tert-OH is 1. The molecular formula is C18H33NO4. The molecular weight excluding hydrogens is 294 g/mol. The van der Waals surface area contributed by atoms with Crippen molar-refractivity contribution in [3.63, 3.8) is 0 Å². The highest BCUT2D eigenvalue weighted by Crippen LogP contribution is 2.40. The van der Waals surface area contributed by atoms with Gasteiger partial charge >= 0.3 is 5.97 Å². The number of aliphatic hydroxyl groups is 1. The highest BCUT2D eigenvalue weighted by Gasteiger charge is 2.43. The monoisotopic (exact) mass is 327 g/mol. The second kappa shape index (κ2) is 8.13. The Morgan fingerprint density at radius 1 is 1.26 bits per heavy atom. The first-order chi connectivity index (χ1) is 10.5. The zero-order valence-corrected chi connectivity index (χ0v) is 15.4. The molecule has 0 bridgehead atoms. The Kier molecular flexibility index (Phi) is 7.05. The van der Waals surface area contributed by atoms with Crippen LogP contribution in [0.3, 0.4) is 0 Å². The number of esters is 1. The van der Waals surface area contributed by atoms with Crippen LogP contribution in [0.15, 0.2) is 0 Å². The normalized spacial score (nSPS) is 26.2. The fraction of sp³-hybridized carbons (Fsp3) is 0.889. The molecule has 0 radical (unpaired) electrons. The smallest absolute Gasteiger partial charge is 0.309 e. The van der Waals surface area contributed by atoms with E-state index in [1.54, 1.807) is 0 Å². The van der Waals surface area contributed by atoms with E-state index in [1.807, 2.05) is 20.8 Å². The lowest BCUT2D eigenvalue weighted by Gasteiger charge is -2.29. The summed E-state index contributed by atoms with van der Waals surface area (Å²) in [6, 6.07) is -0.00270. The maximum absolute atomic E-state index is 12.3. The van der Waals surface area contributed by atoms with Crippen molar-refractivity contribution in [2.24, 2.45) is 23.7 Å². The Balaban J connectivity index is 2.83. The van der Waals surface area contributed by atoms with Crippen LogP contribution in [-0.4, -0.2) is 35.2 Å². The summed E-state index contributed by atoms with van der Waals surface area (Å²) in [4.78, 5) is 23.9. The number of carbonyl (C=O) groups is 2. The molecule has 0 spiro atoms. The molecule has 23 heavy (non-hydrogen) atoms. The second-order valence-corrected chi connectivity index (χ2v) is 8.24. The molecule has 1 aliphatic rings. The Hall–Kier alpha value is -1.10. The SMILES string of the molecule is CC(=O)N[C@@H](CC(C)C)[C@@H]1CC(C(=O)OC(C)(C)C)C[C@H]1CO. The molecule has 1 rings (SSSR count). The Morgan fingerprint density at radius 3 is 2.30 bits per heavy atom. The predicted molar refractivity (Wildman–Crippen MR) is 89.7 cm³/mol. The van der Waals surface area contributed by atoms with Crippen LogP contribution >= 0.6 is 0 Å². The lowest BCUT2D eigenvalue weighted by molar-refractivity contribution is -0.159. The van der Waals surface area contributed by atoms with Gasteiger partial charge in [-0.05, 0) is 57.8 Å². The van der Waals surface area contributed by atoms with E-state index < -0.39 is 5.60 Å². The zero-order valence-electron chi connectivity index (χ0n) is 15.4. The van der Waals surface area contributed by atoms with Crippen LogP contribution in [0.25, 0.3) is 0 Å². The molecule has 0 aromatic rings. The van der Waals surface area contributed by atoms with Gasteiger partial charge in [-0.15, -0.1) is 0 Å². The van der Waals surface area contributed by atoms with E-state index in [0.29, 0.717) is 18.8 Å². The third kappa shape index (κ3) is 6.50. The molecule has 1 fully saturated rings. The van der Waals surface area contributed by atoms with Crippen LogP contribution in [-0.2, 0) is 14.3 Å². The fourth-order valence-corrected chi connectivity index (χ4v) is 3.55. The highest BCUT2D eigenvalue weighted by atomic mass is 16.6. The van der Waals surface area contributed by atoms with E-state index in [-0.39, 0.29) is 42.3 Å². The van der Waals surface area contributed by atoms with Crippen molar-refractivity contribution in [3.8, 4) is 0 Å². The Morgan fingerprint density at radius 2 is 1.87 bits per heavy atom. The third-order valence-electron chi connectivity index (χ3n) is 4.35. The molecule has 1 saturated carbocycles. The molecule has 1 amide bonds. The second-order valence-electron chi connectivity index (χ2n) is 8.24. The molecule has 5 nitrogen and oxygen atoms in total. The van der Waals surface area contributed by atoms with Gasteiger partial charge in [0.15, 0.2) is 0 Å². The first kappa shape index (κ1) is 19.9. The summed E-state index contributed by atoms with van der Waals surface area (Å²) in [5.74, 6) is 0.135. The minimum absolute atomic E-state index is 0.00270. The summed E-state index contributed by atoms with van der Waals surface area (Å²) in [6.07, 6.45) is 2.14. The molecule has 0 saturated heterocycles. The molecule has 1 unspecified atom stereocenters. The Bertz CT molecular complexity index is 414. The molecule has 1 aliphatic carbocycles. The lowest BCUT2D eigenvalue weighted by Crippen LogP contribution is -2.42. The van der Waals surface area contributed by atoms with Gasteiger partial charge in [-0.1, -0.05) is 13.8 Å². The number of nitrogens with one attached hydrogen (secondary N) is 1. The number of amides is 1. The minimum Gasteiger partial charge on any atom is -0.460 e. The van der Waals surface area contributed by atoms with Gasteiger partial charge in [0.05, 0.1) is 5.92 Å². The standard InChI is InChI=1S/C18H33NO4/c1-11(2)7-16(19-12(3)21)15-9-13(8-14(15)10-20)17(22)23-18(4,5)6/h11,13-16,20H,7-10H2,1-6H3,(H,19,21)/t13?,14-,15+,16-/m0/s1. The lowest BCUT2D eigenvalue weighted by atomic mass is 9.84. The van der Waals surface area contributed by atoms with Crippen LogP contribution in [0, 0.1) is 23.7 Å². The van der Waals surface area contributed by atoms with E-state index >= 15 is 0 Å². The molecule has 0 aromatic carbocycles. The van der Waals surface area contributed by atoms with Gasteiger partial charge in [0.2, 0.25) is 5.91 Å². The number of hydrogen-bond acceptors (Lipinski definition) is 4. The van der Waals surface area contributed by atoms with Crippen molar-refractivity contribution >= 4 is 11.9 Å². The van der Waals surface area contributed by atoms with Crippen molar-refractivity contribution < 1.29 is 19.4 Å². The summed E-state index contributed by atoms with van der Waals surface area (Å²) < 4.78 is 5.50. The fourth-order valence-electron chi connectivity index (χ4n) is 3.55. The Labute approximate surface area is 140 Å². The van der Waals surface area contributed by atoms with Gasteiger partial charge in [0, 0.05) is 19.6 Å². The van der Waals surface area contributed by atoms with Gasteiger partial charge in [0.1, 0.15) is 5.60 Å². The average molecular weight is 327 g/mol. The molecule has 0 heterocycles. The van der Waals surface area contributed by atoms with Crippen LogP contribution in [0.1, 0.15) is 60.8 Å². The average Bonchev–Trinajstić information content (AvgIpc) is 2.78. The molecule has 134 valence electrons. The van der Waals surface area contributed by atoms with Gasteiger partial charge in [-0.3, -0.25) is 9.59 Å². The minimum atomic E-state index is -0.501.